The fourth-order valence-electron chi connectivity index (χ4n) is 3.63. The zero-order chi connectivity index (χ0) is 15.5. The van der Waals surface area contributed by atoms with Crippen LogP contribution in [-0.2, 0) is 6.54 Å². The lowest BCUT2D eigenvalue weighted by atomic mass is 9.85. The zero-order valence-electron chi connectivity index (χ0n) is 13.8. The van der Waals surface area contributed by atoms with E-state index in [2.05, 4.69) is 63.7 Å². The van der Waals surface area contributed by atoms with E-state index in [0.717, 1.165) is 23.9 Å². The minimum absolute atomic E-state index is 0.124. The van der Waals surface area contributed by atoms with Crippen LogP contribution in [-0.4, -0.2) is 40.4 Å². The molecule has 2 unspecified atom stereocenters. The molecule has 0 radical (unpaired) electrons. The van der Waals surface area contributed by atoms with Crippen LogP contribution in [0.15, 0.2) is 10.7 Å². The Bertz CT molecular complexity index is 453. The van der Waals surface area contributed by atoms with Gasteiger partial charge < -0.3 is 5.32 Å². The van der Waals surface area contributed by atoms with Gasteiger partial charge in [0.25, 0.3) is 0 Å². The van der Waals surface area contributed by atoms with Crippen LogP contribution in [0.2, 0.25) is 0 Å². The molecule has 0 aromatic carbocycles. The summed E-state index contributed by atoms with van der Waals surface area (Å²) in [5.41, 5.74) is 1.41. The molecule has 2 atom stereocenters. The van der Waals surface area contributed by atoms with E-state index in [-0.39, 0.29) is 11.6 Å². The van der Waals surface area contributed by atoms with Crippen molar-refractivity contribution in [2.75, 3.05) is 20.1 Å². The van der Waals surface area contributed by atoms with Gasteiger partial charge in [0.1, 0.15) is 0 Å². The summed E-state index contributed by atoms with van der Waals surface area (Å²) in [6, 6.07) is 0.282. The molecule has 1 aromatic rings. The van der Waals surface area contributed by atoms with Gasteiger partial charge in [-0.15, -0.1) is 0 Å². The molecule has 5 heteroatoms. The van der Waals surface area contributed by atoms with Crippen molar-refractivity contribution in [3.63, 3.8) is 0 Å². The third-order valence-electron chi connectivity index (χ3n) is 5.00. The van der Waals surface area contributed by atoms with E-state index in [1.807, 2.05) is 6.20 Å². The molecule has 4 nitrogen and oxygen atoms in total. The second kappa shape index (κ2) is 7.25. The monoisotopic (exact) mass is 356 g/mol. The topological polar surface area (TPSA) is 33.1 Å². The number of aryl methyl sites for hydroxylation is 1. The summed E-state index contributed by atoms with van der Waals surface area (Å²) in [5.74, 6) is 0. The van der Waals surface area contributed by atoms with Crippen molar-refractivity contribution in [1.29, 1.82) is 0 Å². The SMILES string of the molecule is CCCn1ncc(Br)c1C(NC)C(C)(CC)N1CCCC1. The summed E-state index contributed by atoms with van der Waals surface area (Å²) in [6.07, 6.45) is 6.81. The molecule has 21 heavy (non-hydrogen) atoms. The third-order valence-corrected chi connectivity index (χ3v) is 5.61. The minimum atomic E-state index is 0.124. The number of nitrogens with zero attached hydrogens (tertiary/aromatic N) is 3. The van der Waals surface area contributed by atoms with E-state index in [0.29, 0.717) is 0 Å². The van der Waals surface area contributed by atoms with Crippen LogP contribution in [0.25, 0.3) is 0 Å². The number of likely N-dealkylation sites (N-methyl/N-ethyl adjacent to an activating group) is 1. The van der Waals surface area contributed by atoms with Gasteiger partial charge in [0.05, 0.1) is 22.4 Å². The van der Waals surface area contributed by atoms with Crippen LogP contribution in [0.1, 0.15) is 58.2 Å². The maximum atomic E-state index is 4.56. The largest absolute Gasteiger partial charge is 0.310 e. The molecule has 0 saturated carbocycles. The third kappa shape index (κ3) is 3.20. The Morgan fingerprint density at radius 2 is 2.05 bits per heavy atom. The first-order valence-corrected chi connectivity index (χ1v) is 9.01. The highest BCUT2D eigenvalue weighted by atomic mass is 79.9. The molecule has 120 valence electrons. The Hall–Kier alpha value is -0.390. The van der Waals surface area contributed by atoms with E-state index in [9.17, 15) is 0 Å². The number of aromatic nitrogens is 2. The van der Waals surface area contributed by atoms with Crippen molar-refractivity contribution >= 4 is 15.9 Å². The van der Waals surface area contributed by atoms with Gasteiger partial charge >= 0.3 is 0 Å². The molecule has 2 rings (SSSR count). The predicted molar refractivity (Wildman–Crippen MR) is 91.5 cm³/mol. The standard InChI is InChI=1S/C16H29BrN4/c1-5-9-21-14(13(17)12-19-21)15(18-4)16(3,6-2)20-10-7-8-11-20/h12,15,18H,5-11H2,1-4H3. The number of likely N-dealkylation sites (tertiary alicyclic amines) is 1. The molecular formula is C16H29BrN4. The average Bonchev–Trinajstić information content (AvgIpc) is 3.13. The first-order chi connectivity index (χ1) is 10.1. The van der Waals surface area contributed by atoms with E-state index >= 15 is 0 Å². The predicted octanol–water partition coefficient (Wildman–Crippen LogP) is 3.58. The molecule has 0 aliphatic carbocycles. The van der Waals surface area contributed by atoms with E-state index in [4.69, 9.17) is 0 Å². The fourth-order valence-corrected chi connectivity index (χ4v) is 4.15. The van der Waals surface area contributed by atoms with Crippen LogP contribution < -0.4 is 5.32 Å². The minimum Gasteiger partial charge on any atom is -0.310 e. The first-order valence-electron chi connectivity index (χ1n) is 8.22. The lowest BCUT2D eigenvalue weighted by Crippen LogP contribution is -2.53. The van der Waals surface area contributed by atoms with Crippen LogP contribution in [0.3, 0.4) is 0 Å². The summed E-state index contributed by atoms with van der Waals surface area (Å²) >= 11 is 3.72. The maximum Gasteiger partial charge on any atom is 0.0714 e. The normalized spacial score (nSPS) is 20.6. The summed E-state index contributed by atoms with van der Waals surface area (Å²) in [4.78, 5) is 2.66. The molecule has 0 bridgehead atoms. The van der Waals surface area contributed by atoms with Gasteiger partial charge in [-0.3, -0.25) is 9.58 Å². The Morgan fingerprint density at radius 3 is 2.57 bits per heavy atom. The molecule has 1 aromatic heterocycles. The molecule has 0 spiro atoms. The van der Waals surface area contributed by atoms with Crippen molar-refractivity contribution in [1.82, 2.24) is 20.0 Å². The second-order valence-electron chi connectivity index (χ2n) is 6.23. The van der Waals surface area contributed by atoms with Crippen LogP contribution in [0.5, 0.6) is 0 Å². The summed E-state index contributed by atoms with van der Waals surface area (Å²) in [6.45, 7) is 10.3. The van der Waals surface area contributed by atoms with Crippen molar-refractivity contribution < 1.29 is 0 Å². The Balaban J connectivity index is 2.39. The van der Waals surface area contributed by atoms with Gasteiger partial charge in [-0.2, -0.15) is 5.10 Å². The fraction of sp³-hybridized carbons (Fsp3) is 0.812. The first kappa shape index (κ1) is 17.0. The number of nitrogens with one attached hydrogen (secondary N) is 1. The molecule has 2 heterocycles. The summed E-state index contributed by atoms with van der Waals surface area (Å²) in [5, 5.41) is 8.14. The van der Waals surface area contributed by atoms with Gasteiger partial charge in [0.15, 0.2) is 0 Å². The Morgan fingerprint density at radius 1 is 1.38 bits per heavy atom. The van der Waals surface area contributed by atoms with E-state index in [1.54, 1.807) is 0 Å². The van der Waals surface area contributed by atoms with Gasteiger partial charge in [0, 0.05) is 12.1 Å². The van der Waals surface area contributed by atoms with Gasteiger partial charge in [-0.1, -0.05) is 13.8 Å². The van der Waals surface area contributed by atoms with Crippen LogP contribution in [0.4, 0.5) is 0 Å². The highest BCUT2D eigenvalue weighted by molar-refractivity contribution is 9.10. The number of halogens is 1. The molecule has 0 amide bonds. The quantitative estimate of drug-likeness (QED) is 0.810. The molecular weight excluding hydrogens is 328 g/mol. The van der Waals surface area contributed by atoms with E-state index < -0.39 is 0 Å². The number of hydrogen-bond acceptors (Lipinski definition) is 3. The van der Waals surface area contributed by atoms with Crippen LogP contribution >= 0.6 is 15.9 Å². The summed E-state index contributed by atoms with van der Waals surface area (Å²) < 4.78 is 3.28. The molecule has 1 aliphatic rings. The summed E-state index contributed by atoms with van der Waals surface area (Å²) in [7, 11) is 2.07. The van der Waals surface area contributed by atoms with Gasteiger partial charge in [-0.25, -0.2) is 0 Å². The number of rotatable bonds is 7. The smallest absolute Gasteiger partial charge is 0.0714 e. The van der Waals surface area contributed by atoms with Crippen molar-refractivity contribution in [3.05, 3.63) is 16.4 Å². The molecule has 1 saturated heterocycles. The van der Waals surface area contributed by atoms with Gasteiger partial charge in [-0.05, 0) is 68.7 Å². The van der Waals surface area contributed by atoms with Gasteiger partial charge in [0.2, 0.25) is 0 Å². The lowest BCUT2D eigenvalue weighted by Gasteiger charge is -2.44. The highest BCUT2D eigenvalue weighted by Gasteiger charge is 2.41. The second-order valence-corrected chi connectivity index (χ2v) is 7.08. The van der Waals surface area contributed by atoms with E-state index in [1.165, 1.54) is 31.6 Å². The van der Waals surface area contributed by atoms with Crippen molar-refractivity contribution in [3.8, 4) is 0 Å². The highest BCUT2D eigenvalue weighted by Crippen LogP contribution is 2.38. The zero-order valence-corrected chi connectivity index (χ0v) is 15.4. The average molecular weight is 357 g/mol. The van der Waals surface area contributed by atoms with Crippen molar-refractivity contribution in [2.24, 2.45) is 0 Å². The van der Waals surface area contributed by atoms with Crippen molar-refractivity contribution in [2.45, 2.75) is 64.6 Å². The maximum absolute atomic E-state index is 4.56. The Kier molecular flexibility index (Phi) is 5.86. The lowest BCUT2D eigenvalue weighted by molar-refractivity contribution is 0.0831. The van der Waals surface area contributed by atoms with Crippen LogP contribution in [0, 0.1) is 0 Å². The molecule has 1 N–H and O–H groups in total. The Labute approximate surface area is 137 Å². The molecule has 1 aliphatic heterocycles. The molecule has 1 fully saturated rings. The number of hydrogen-bond donors (Lipinski definition) is 1.